The molecule has 3 rings (SSSR count). The summed E-state index contributed by atoms with van der Waals surface area (Å²) < 4.78 is 7.10. The van der Waals surface area contributed by atoms with Gasteiger partial charge in [-0.2, -0.15) is 5.26 Å². The van der Waals surface area contributed by atoms with Crippen LogP contribution in [0.4, 0.5) is 5.82 Å². The van der Waals surface area contributed by atoms with Gasteiger partial charge in [-0.3, -0.25) is 14.3 Å². The Bertz CT molecular complexity index is 1060. The summed E-state index contributed by atoms with van der Waals surface area (Å²) in [5, 5.41) is 22.1. The summed E-state index contributed by atoms with van der Waals surface area (Å²) in [5.74, 6) is 0.454. The largest absolute Gasteiger partial charge is 0.632 e. The number of piperidine rings is 1. The number of rotatable bonds is 6. The normalized spacial score (nSPS) is 17.9. The fraction of sp³-hybridized carbons (Fsp3) is 0.500. The predicted octanol–water partition coefficient (Wildman–Crippen LogP) is 0.581. The molecular formula is C22H29N5O4. The first kappa shape index (κ1) is 22.7. The van der Waals surface area contributed by atoms with E-state index in [0.29, 0.717) is 30.0 Å². The van der Waals surface area contributed by atoms with Gasteiger partial charge >= 0.3 is 5.69 Å². The van der Waals surface area contributed by atoms with Gasteiger partial charge in [0.05, 0.1) is 30.3 Å². The number of ether oxygens (including phenoxy) is 1. The summed E-state index contributed by atoms with van der Waals surface area (Å²) in [6.07, 6.45) is 1.51. The predicted molar refractivity (Wildman–Crippen MR) is 117 cm³/mol. The second kappa shape index (κ2) is 9.47. The van der Waals surface area contributed by atoms with Crippen LogP contribution in [0.2, 0.25) is 0 Å². The fourth-order valence-corrected chi connectivity index (χ4v) is 3.71. The molecule has 0 bridgehead atoms. The van der Waals surface area contributed by atoms with Gasteiger partial charge in [-0.15, -0.1) is 0 Å². The molecule has 1 aromatic heterocycles. The van der Waals surface area contributed by atoms with Gasteiger partial charge in [0.25, 0.3) is 5.56 Å². The number of hydroxylamine groups is 2. The third-order valence-corrected chi connectivity index (χ3v) is 5.33. The highest BCUT2D eigenvalue weighted by Gasteiger charge is 2.28. The van der Waals surface area contributed by atoms with Gasteiger partial charge in [-0.1, -0.05) is 18.2 Å². The van der Waals surface area contributed by atoms with Gasteiger partial charge in [-0.05, 0) is 38.8 Å². The summed E-state index contributed by atoms with van der Waals surface area (Å²) in [4.78, 5) is 28.9. The van der Waals surface area contributed by atoms with Crippen molar-refractivity contribution < 1.29 is 9.80 Å². The number of aromatic amines is 1. The number of quaternary nitrogens is 1. The molecule has 2 N–H and O–H groups in total. The number of hydrogen-bond donors (Lipinski definition) is 2. The van der Waals surface area contributed by atoms with E-state index in [-0.39, 0.29) is 24.4 Å². The van der Waals surface area contributed by atoms with Crippen molar-refractivity contribution >= 4 is 5.82 Å². The van der Waals surface area contributed by atoms with Crippen LogP contribution in [-0.2, 0) is 11.3 Å². The minimum atomic E-state index is -0.542. The molecular weight excluding hydrogens is 398 g/mol. The monoisotopic (exact) mass is 427 g/mol. The van der Waals surface area contributed by atoms with E-state index in [1.165, 1.54) is 10.6 Å². The number of benzene rings is 1. The maximum absolute atomic E-state index is 12.7. The fourth-order valence-electron chi connectivity index (χ4n) is 3.71. The third-order valence-electron chi connectivity index (χ3n) is 5.33. The second-order valence-corrected chi connectivity index (χ2v) is 8.80. The molecule has 0 radical (unpaired) electrons. The molecule has 0 aliphatic carbocycles. The van der Waals surface area contributed by atoms with E-state index >= 15 is 0 Å². The van der Waals surface area contributed by atoms with Crippen LogP contribution in [0, 0.1) is 16.5 Å². The Kier molecular flexibility index (Phi) is 6.95. The Morgan fingerprint density at radius 3 is 2.77 bits per heavy atom. The topological polar surface area (TPSA) is 119 Å². The zero-order valence-corrected chi connectivity index (χ0v) is 18.2. The van der Waals surface area contributed by atoms with Crippen molar-refractivity contribution in [3.63, 3.8) is 0 Å². The molecule has 0 spiro atoms. The summed E-state index contributed by atoms with van der Waals surface area (Å²) in [7, 11) is 0. The summed E-state index contributed by atoms with van der Waals surface area (Å²) in [6, 6.07) is 10.3. The number of aromatic nitrogens is 2. The Morgan fingerprint density at radius 1 is 1.32 bits per heavy atom. The van der Waals surface area contributed by atoms with Gasteiger partial charge < -0.3 is 19.9 Å². The zero-order chi connectivity index (χ0) is 22.6. The molecule has 0 saturated carbocycles. The molecule has 31 heavy (non-hydrogen) atoms. The average Bonchev–Trinajstić information content (AvgIpc) is 2.73. The van der Waals surface area contributed by atoms with Crippen molar-refractivity contribution in [2.24, 2.45) is 0 Å². The molecule has 166 valence electrons. The molecule has 9 heteroatoms. The van der Waals surface area contributed by atoms with E-state index in [0.717, 1.165) is 12.8 Å². The van der Waals surface area contributed by atoms with Crippen LogP contribution in [0.5, 0.6) is 0 Å². The first-order chi connectivity index (χ1) is 14.7. The lowest BCUT2D eigenvalue weighted by Gasteiger charge is -2.40. The van der Waals surface area contributed by atoms with Crippen LogP contribution in [0.25, 0.3) is 0 Å². The smallest absolute Gasteiger partial charge is 0.330 e. The quantitative estimate of drug-likeness (QED) is 0.514. The lowest BCUT2D eigenvalue weighted by molar-refractivity contribution is -0.897. The van der Waals surface area contributed by atoms with E-state index in [4.69, 9.17) is 4.74 Å². The van der Waals surface area contributed by atoms with Crippen LogP contribution < -0.4 is 21.2 Å². The molecule has 2 heterocycles. The van der Waals surface area contributed by atoms with Crippen molar-refractivity contribution in [3.8, 4) is 6.07 Å². The number of H-pyrrole nitrogens is 1. The first-order valence-corrected chi connectivity index (χ1v) is 10.4. The van der Waals surface area contributed by atoms with Gasteiger partial charge in [0.2, 0.25) is 0 Å². The number of nitrogens with zero attached hydrogens (tertiary/aromatic N) is 3. The number of hydrogen-bond acceptors (Lipinski definition) is 6. The minimum Gasteiger partial charge on any atom is -0.632 e. The SMILES string of the molecule is CC(C)(C)OC[NH+]([O-])[C@@H]1CCCN(c2cc(=O)[nH]c(=O)n2Cc2ccccc2C#N)C1. The highest BCUT2D eigenvalue weighted by molar-refractivity contribution is 5.42. The average molecular weight is 428 g/mol. The Morgan fingerprint density at radius 2 is 2.06 bits per heavy atom. The van der Waals surface area contributed by atoms with E-state index < -0.39 is 16.9 Å². The van der Waals surface area contributed by atoms with Crippen molar-refractivity contribution in [2.45, 2.75) is 51.8 Å². The molecule has 2 atom stereocenters. The van der Waals surface area contributed by atoms with Crippen molar-refractivity contribution in [3.05, 3.63) is 67.5 Å². The van der Waals surface area contributed by atoms with Gasteiger partial charge in [-0.25, -0.2) is 4.79 Å². The van der Waals surface area contributed by atoms with Gasteiger partial charge in [0, 0.05) is 19.0 Å². The van der Waals surface area contributed by atoms with Crippen molar-refractivity contribution in [1.29, 1.82) is 5.26 Å². The summed E-state index contributed by atoms with van der Waals surface area (Å²) in [6.45, 7) is 6.95. The van der Waals surface area contributed by atoms with Crippen molar-refractivity contribution in [2.75, 3.05) is 24.7 Å². The second-order valence-electron chi connectivity index (χ2n) is 8.80. The molecule has 0 amide bonds. The Labute approximate surface area is 181 Å². The van der Waals surface area contributed by atoms with Crippen molar-refractivity contribution in [1.82, 2.24) is 9.55 Å². The highest BCUT2D eigenvalue weighted by Crippen LogP contribution is 2.19. The Hall–Kier alpha value is -2.93. The summed E-state index contributed by atoms with van der Waals surface area (Å²) in [5.41, 5.74) is -0.277. The van der Waals surface area contributed by atoms with Crippen LogP contribution in [0.1, 0.15) is 44.7 Å². The van der Waals surface area contributed by atoms with E-state index in [9.17, 15) is 20.1 Å². The van der Waals surface area contributed by atoms with Crippen LogP contribution in [0.3, 0.4) is 0 Å². The molecule has 1 aliphatic rings. The number of nitrogens with one attached hydrogen (secondary N) is 2. The van der Waals surface area contributed by atoms with Crippen LogP contribution in [0.15, 0.2) is 39.9 Å². The molecule has 1 aromatic carbocycles. The molecule has 1 aliphatic heterocycles. The van der Waals surface area contributed by atoms with E-state index in [1.54, 1.807) is 24.3 Å². The maximum atomic E-state index is 12.7. The molecule has 9 nitrogen and oxygen atoms in total. The molecule has 2 aromatic rings. The van der Waals surface area contributed by atoms with Gasteiger partial charge in [0.15, 0.2) is 6.73 Å². The summed E-state index contributed by atoms with van der Waals surface area (Å²) >= 11 is 0. The molecule has 1 fully saturated rings. The minimum absolute atomic E-state index is 0.0215. The zero-order valence-electron chi connectivity index (χ0n) is 18.2. The maximum Gasteiger partial charge on any atom is 0.330 e. The first-order valence-electron chi connectivity index (χ1n) is 10.4. The number of anilines is 1. The van der Waals surface area contributed by atoms with E-state index in [2.05, 4.69) is 11.1 Å². The highest BCUT2D eigenvalue weighted by atomic mass is 16.6. The number of nitriles is 1. The van der Waals surface area contributed by atoms with Gasteiger partial charge in [0.1, 0.15) is 11.9 Å². The molecule has 1 unspecified atom stereocenters. The standard InChI is InChI=1S/C22H29N5O4/c1-22(2,3)31-15-27(30)18-9-6-10-25(14-18)20-11-19(28)24-21(29)26(20)13-17-8-5-4-7-16(17)12-23/h4-5,7-8,11,18,27H,6,9-10,13-15H2,1-3H3,(H,24,28,29)/t18-/m1/s1. The Balaban J connectivity index is 1.87. The molecule has 1 saturated heterocycles. The van der Waals surface area contributed by atoms with Crippen LogP contribution >= 0.6 is 0 Å². The lowest BCUT2D eigenvalue weighted by Crippen LogP contribution is -3.13. The van der Waals surface area contributed by atoms with Crippen LogP contribution in [-0.4, -0.2) is 41.0 Å². The lowest BCUT2D eigenvalue weighted by atomic mass is 10.1. The van der Waals surface area contributed by atoms with E-state index in [1.807, 2.05) is 25.7 Å². The third kappa shape index (κ3) is 5.82.